The lowest BCUT2D eigenvalue weighted by atomic mass is 10.1. The van der Waals surface area contributed by atoms with Crippen LogP contribution < -0.4 is 10.1 Å². The first-order chi connectivity index (χ1) is 14.1. The average Bonchev–Trinajstić information content (AvgIpc) is 3.46. The highest BCUT2D eigenvalue weighted by Gasteiger charge is 2.17. The Hall–Kier alpha value is -2.16. The van der Waals surface area contributed by atoms with Gasteiger partial charge in [0.2, 0.25) is 0 Å². The van der Waals surface area contributed by atoms with E-state index in [0.29, 0.717) is 11.5 Å². The van der Waals surface area contributed by atoms with Crippen molar-refractivity contribution in [1.82, 2.24) is 14.7 Å². The van der Waals surface area contributed by atoms with E-state index in [1.54, 1.807) is 10.9 Å². The summed E-state index contributed by atoms with van der Waals surface area (Å²) in [6.07, 6.45) is 4.30. The molecule has 4 rings (SSSR count). The summed E-state index contributed by atoms with van der Waals surface area (Å²) in [5, 5.41) is 9.20. The van der Waals surface area contributed by atoms with Gasteiger partial charge in [-0.3, -0.25) is 14.4 Å². The van der Waals surface area contributed by atoms with Crippen LogP contribution in [0.5, 0.6) is 5.75 Å². The Kier molecular flexibility index (Phi) is 6.32. The molecule has 3 aromatic rings. The van der Waals surface area contributed by atoms with Gasteiger partial charge in [-0.05, 0) is 71.5 Å². The third-order valence-electron chi connectivity index (χ3n) is 5.00. The second-order valence-corrected chi connectivity index (χ2v) is 8.81. The number of rotatable bonds is 7. The van der Waals surface area contributed by atoms with E-state index in [9.17, 15) is 4.79 Å². The van der Waals surface area contributed by atoms with Crippen molar-refractivity contribution in [2.75, 3.05) is 31.6 Å². The van der Waals surface area contributed by atoms with E-state index in [0.717, 1.165) is 46.8 Å². The minimum absolute atomic E-state index is 0.113. The fourth-order valence-corrected chi connectivity index (χ4v) is 4.70. The zero-order chi connectivity index (χ0) is 20.2. The minimum atomic E-state index is -0.113. The van der Waals surface area contributed by atoms with Crippen molar-refractivity contribution in [3.05, 3.63) is 51.3 Å². The minimum Gasteiger partial charge on any atom is -0.492 e. The van der Waals surface area contributed by atoms with E-state index in [2.05, 4.69) is 31.2 Å². The monoisotopic (exact) mass is 474 g/mol. The average molecular weight is 475 g/mol. The fourth-order valence-electron chi connectivity index (χ4n) is 3.52. The zero-order valence-electron chi connectivity index (χ0n) is 16.2. The largest absolute Gasteiger partial charge is 0.492 e. The second-order valence-electron chi connectivity index (χ2n) is 7.00. The van der Waals surface area contributed by atoms with Crippen molar-refractivity contribution < 1.29 is 9.53 Å². The molecule has 0 unspecified atom stereocenters. The van der Waals surface area contributed by atoms with Gasteiger partial charge < -0.3 is 10.1 Å². The number of anilines is 1. The van der Waals surface area contributed by atoms with Gasteiger partial charge in [-0.25, -0.2) is 0 Å². The van der Waals surface area contributed by atoms with Gasteiger partial charge in [0, 0.05) is 24.8 Å². The first-order valence-corrected chi connectivity index (χ1v) is 11.3. The Morgan fingerprint density at radius 3 is 2.83 bits per heavy atom. The molecule has 8 heteroatoms. The number of aryl methyl sites for hydroxylation is 1. The van der Waals surface area contributed by atoms with Crippen molar-refractivity contribution in [2.24, 2.45) is 7.05 Å². The number of ether oxygens (including phenoxy) is 1. The molecule has 29 heavy (non-hydrogen) atoms. The Bertz CT molecular complexity index is 961. The Morgan fingerprint density at radius 2 is 2.14 bits per heavy atom. The Morgan fingerprint density at radius 1 is 1.31 bits per heavy atom. The molecule has 3 heterocycles. The van der Waals surface area contributed by atoms with Gasteiger partial charge in [0.15, 0.2) is 0 Å². The summed E-state index contributed by atoms with van der Waals surface area (Å²) in [4.78, 5) is 15.6. The van der Waals surface area contributed by atoms with Crippen molar-refractivity contribution in [1.29, 1.82) is 0 Å². The molecule has 1 aromatic carbocycles. The summed E-state index contributed by atoms with van der Waals surface area (Å²) in [7, 11) is 1.89. The maximum Gasteiger partial charge on any atom is 0.265 e. The normalized spacial score (nSPS) is 14.3. The van der Waals surface area contributed by atoms with Crippen LogP contribution in [0.3, 0.4) is 0 Å². The third kappa shape index (κ3) is 4.71. The lowest BCUT2D eigenvalue weighted by Gasteiger charge is -2.18. The van der Waals surface area contributed by atoms with Crippen LogP contribution in [0.1, 0.15) is 22.5 Å². The molecule has 0 spiro atoms. The van der Waals surface area contributed by atoms with Crippen LogP contribution in [0.2, 0.25) is 0 Å². The fraction of sp³-hybridized carbons (Fsp3) is 0.333. The summed E-state index contributed by atoms with van der Waals surface area (Å²) in [6.45, 7) is 3.85. The van der Waals surface area contributed by atoms with Crippen LogP contribution >= 0.6 is 27.3 Å². The highest BCUT2D eigenvalue weighted by Crippen LogP contribution is 2.37. The van der Waals surface area contributed by atoms with E-state index < -0.39 is 0 Å². The van der Waals surface area contributed by atoms with E-state index in [4.69, 9.17) is 4.74 Å². The molecule has 0 aliphatic carbocycles. The molecule has 6 nitrogen and oxygen atoms in total. The van der Waals surface area contributed by atoms with Crippen LogP contribution in [0, 0.1) is 0 Å². The van der Waals surface area contributed by atoms with Crippen molar-refractivity contribution >= 4 is 38.9 Å². The number of hydrogen-bond acceptors (Lipinski definition) is 5. The van der Waals surface area contributed by atoms with Gasteiger partial charge in [-0.15, -0.1) is 11.3 Å². The van der Waals surface area contributed by atoms with E-state index in [-0.39, 0.29) is 5.91 Å². The molecule has 0 bridgehead atoms. The van der Waals surface area contributed by atoms with E-state index in [1.807, 2.05) is 42.8 Å². The summed E-state index contributed by atoms with van der Waals surface area (Å²) in [5.41, 5.74) is 2.52. The smallest absolute Gasteiger partial charge is 0.265 e. The standard InChI is InChI=1S/C21H23BrN4O2S/c1-25-20(17(22)14-23-25)16-13-15(24-21(27)19-5-4-12-29-19)6-7-18(16)28-11-10-26-8-2-3-9-26/h4-7,12-14H,2-3,8-11H2,1H3,(H,24,27). The molecule has 0 saturated carbocycles. The summed E-state index contributed by atoms with van der Waals surface area (Å²) in [6, 6.07) is 9.43. The van der Waals surface area contributed by atoms with Crippen LogP contribution in [0.15, 0.2) is 46.4 Å². The molecule has 2 aromatic heterocycles. The van der Waals surface area contributed by atoms with Crippen LogP contribution in [-0.2, 0) is 7.05 Å². The van der Waals surface area contributed by atoms with Crippen LogP contribution in [0.25, 0.3) is 11.3 Å². The molecule has 1 aliphatic rings. The number of carbonyl (C=O) groups excluding carboxylic acids is 1. The van der Waals surface area contributed by atoms with Gasteiger partial charge in [0.25, 0.3) is 5.91 Å². The number of halogens is 1. The SMILES string of the molecule is Cn1ncc(Br)c1-c1cc(NC(=O)c2cccs2)ccc1OCCN1CCCC1. The first-order valence-electron chi connectivity index (χ1n) is 9.64. The summed E-state index contributed by atoms with van der Waals surface area (Å²) < 4.78 is 8.83. The maximum absolute atomic E-state index is 12.4. The molecule has 1 fully saturated rings. The second kappa shape index (κ2) is 9.11. The highest BCUT2D eigenvalue weighted by molar-refractivity contribution is 9.10. The summed E-state index contributed by atoms with van der Waals surface area (Å²) >= 11 is 5.00. The van der Waals surface area contributed by atoms with Gasteiger partial charge in [0.05, 0.1) is 21.2 Å². The quantitative estimate of drug-likeness (QED) is 0.541. The number of hydrogen-bond donors (Lipinski definition) is 1. The molecule has 1 aliphatic heterocycles. The number of carbonyl (C=O) groups is 1. The number of aromatic nitrogens is 2. The molecule has 1 N–H and O–H groups in total. The van der Waals surface area contributed by atoms with E-state index in [1.165, 1.54) is 24.2 Å². The van der Waals surface area contributed by atoms with Crippen LogP contribution in [0.4, 0.5) is 5.69 Å². The van der Waals surface area contributed by atoms with Gasteiger partial charge in [-0.2, -0.15) is 5.10 Å². The van der Waals surface area contributed by atoms with Gasteiger partial charge in [0.1, 0.15) is 12.4 Å². The molecular weight excluding hydrogens is 452 g/mol. The van der Waals surface area contributed by atoms with Crippen molar-refractivity contribution in [2.45, 2.75) is 12.8 Å². The Balaban J connectivity index is 1.57. The molecule has 0 radical (unpaired) electrons. The van der Waals surface area contributed by atoms with Crippen LogP contribution in [-0.4, -0.2) is 46.8 Å². The number of benzene rings is 1. The number of thiophene rings is 1. The number of nitrogens with one attached hydrogen (secondary N) is 1. The Labute approximate surface area is 182 Å². The first kappa shape index (κ1) is 20.1. The molecular formula is C21H23BrN4O2S. The van der Waals surface area contributed by atoms with Gasteiger partial charge in [-0.1, -0.05) is 6.07 Å². The third-order valence-corrected chi connectivity index (χ3v) is 6.44. The number of nitrogens with zero attached hydrogens (tertiary/aromatic N) is 3. The molecule has 0 atom stereocenters. The molecule has 152 valence electrons. The number of amides is 1. The molecule has 1 amide bonds. The number of likely N-dealkylation sites (tertiary alicyclic amines) is 1. The predicted octanol–water partition coefficient (Wildman–Crippen LogP) is 4.64. The zero-order valence-corrected chi connectivity index (χ0v) is 18.6. The summed E-state index contributed by atoms with van der Waals surface area (Å²) in [5.74, 6) is 0.667. The topological polar surface area (TPSA) is 59.4 Å². The highest BCUT2D eigenvalue weighted by atomic mass is 79.9. The maximum atomic E-state index is 12.4. The van der Waals surface area contributed by atoms with Crippen molar-refractivity contribution in [3.8, 4) is 17.0 Å². The van der Waals surface area contributed by atoms with E-state index >= 15 is 0 Å². The predicted molar refractivity (Wildman–Crippen MR) is 120 cm³/mol. The van der Waals surface area contributed by atoms with Gasteiger partial charge >= 0.3 is 0 Å². The lowest BCUT2D eigenvalue weighted by molar-refractivity contribution is 0.103. The molecule has 1 saturated heterocycles. The lowest BCUT2D eigenvalue weighted by Crippen LogP contribution is -2.25. The van der Waals surface area contributed by atoms with Crippen molar-refractivity contribution in [3.63, 3.8) is 0 Å².